The Morgan fingerprint density at radius 1 is 1.09 bits per heavy atom. The molecule has 2 aromatic rings. The van der Waals surface area contributed by atoms with E-state index in [0.717, 1.165) is 42.6 Å². The zero-order valence-electron chi connectivity index (χ0n) is 12.8. The van der Waals surface area contributed by atoms with Crippen LogP contribution in [0.5, 0.6) is 0 Å². The van der Waals surface area contributed by atoms with Crippen molar-refractivity contribution in [1.82, 2.24) is 9.80 Å². The minimum absolute atomic E-state index is 0.0904. The second kappa shape index (κ2) is 7.77. The largest absolute Gasteiger partial charge is 0.337 e. The van der Waals surface area contributed by atoms with E-state index < -0.39 is 0 Å². The summed E-state index contributed by atoms with van der Waals surface area (Å²) in [7, 11) is 0. The molecule has 0 saturated carbocycles. The van der Waals surface area contributed by atoms with Crippen molar-refractivity contribution in [3.63, 3.8) is 0 Å². The van der Waals surface area contributed by atoms with Crippen molar-refractivity contribution in [2.75, 3.05) is 26.2 Å². The Balaban J connectivity index is 1.48. The molecule has 0 unspecified atom stereocenters. The van der Waals surface area contributed by atoms with Crippen molar-refractivity contribution in [2.24, 2.45) is 0 Å². The Morgan fingerprint density at radius 3 is 2.48 bits per heavy atom. The van der Waals surface area contributed by atoms with Crippen molar-refractivity contribution in [3.05, 3.63) is 63.3 Å². The van der Waals surface area contributed by atoms with Crippen molar-refractivity contribution in [3.8, 4) is 0 Å². The molecule has 0 spiro atoms. The van der Waals surface area contributed by atoms with E-state index in [1.165, 1.54) is 4.88 Å². The molecule has 1 amide bonds. The van der Waals surface area contributed by atoms with Gasteiger partial charge in [-0.3, -0.25) is 9.69 Å². The van der Waals surface area contributed by atoms with Gasteiger partial charge in [-0.2, -0.15) is 0 Å². The van der Waals surface area contributed by atoms with Gasteiger partial charge in [0.25, 0.3) is 0 Å². The second-order valence-electron chi connectivity index (χ2n) is 5.55. The third kappa shape index (κ3) is 4.67. The maximum absolute atomic E-state index is 12.2. The fourth-order valence-electron chi connectivity index (χ4n) is 2.62. The molecule has 1 saturated heterocycles. The van der Waals surface area contributed by atoms with Gasteiger partial charge in [-0.05, 0) is 23.8 Å². The van der Waals surface area contributed by atoms with Crippen LogP contribution in [0.2, 0.25) is 4.34 Å². The van der Waals surface area contributed by atoms with Gasteiger partial charge in [-0.1, -0.05) is 41.9 Å². The molecule has 0 radical (unpaired) electrons. The summed E-state index contributed by atoms with van der Waals surface area (Å²) in [5.41, 5.74) is 1.05. The lowest BCUT2D eigenvalue weighted by atomic mass is 10.2. The SMILES string of the molecule is O=C(/C=C/c1ccccc1)N1CCN(Cc2ccc(Cl)s2)CC1. The Kier molecular flexibility index (Phi) is 5.49. The Labute approximate surface area is 145 Å². The Bertz CT molecular complexity index is 675. The minimum atomic E-state index is 0.0904. The monoisotopic (exact) mass is 346 g/mol. The molecule has 0 atom stereocenters. The highest BCUT2D eigenvalue weighted by atomic mass is 35.5. The fourth-order valence-corrected chi connectivity index (χ4v) is 3.75. The molecule has 1 aliphatic heterocycles. The summed E-state index contributed by atoms with van der Waals surface area (Å²) in [6, 6.07) is 13.9. The number of rotatable bonds is 4. The number of nitrogens with zero attached hydrogens (tertiary/aromatic N) is 2. The molecule has 3 nitrogen and oxygen atoms in total. The van der Waals surface area contributed by atoms with E-state index in [0.29, 0.717) is 0 Å². The van der Waals surface area contributed by atoms with Crippen molar-refractivity contribution in [2.45, 2.75) is 6.54 Å². The number of halogens is 1. The molecule has 0 N–H and O–H groups in total. The highest BCUT2D eigenvalue weighted by molar-refractivity contribution is 7.16. The fraction of sp³-hybridized carbons (Fsp3) is 0.278. The maximum atomic E-state index is 12.2. The summed E-state index contributed by atoms with van der Waals surface area (Å²) < 4.78 is 0.833. The van der Waals surface area contributed by atoms with E-state index in [9.17, 15) is 4.79 Å². The number of hydrogen-bond donors (Lipinski definition) is 0. The standard InChI is InChI=1S/C18H19ClN2OS/c19-17-8-7-16(23-17)14-20-10-12-21(13-11-20)18(22)9-6-15-4-2-1-3-5-15/h1-9H,10-14H2/b9-6+. The average molecular weight is 347 g/mol. The molecule has 120 valence electrons. The van der Waals surface area contributed by atoms with Crippen LogP contribution in [0.4, 0.5) is 0 Å². The van der Waals surface area contributed by atoms with E-state index >= 15 is 0 Å². The Hall–Kier alpha value is -1.62. The summed E-state index contributed by atoms with van der Waals surface area (Å²) >= 11 is 7.59. The van der Waals surface area contributed by atoms with Crippen LogP contribution >= 0.6 is 22.9 Å². The first-order valence-corrected chi connectivity index (χ1v) is 8.89. The minimum Gasteiger partial charge on any atom is -0.337 e. The molecule has 1 fully saturated rings. The van der Waals surface area contributed by atoms with E-state index in [2.05, 4.69) is 11.0 Å². The quantitative estimate of drug-likeness (QED) is 0.787. The summed E-state index contributed by atoms with van der Waals surface area (Å²) in [5, 5.41) is 0. The normalized spacial score (nSPS) is 16.1. The van der Waals surface area contributed by atoms with Gasteiger partial charge in [0.15, 0.2) is 0 Å². The molecular formula is C18H19ClN2OS. The van der Waals surface area contributed by atoms with Crippen LogP contribution in [-0.4, -0.2) is 41.9 Å². The summed E-state index contributed by atoms with van der Waals surface area (Å²) in [5.74, 6) is 0.0904. The molecule has 5 heteroatoms. The number of amides is 1. The molecule has 23 heavy (non-hydrogen) atoms. The molecular weight excluding hydrogens is 328 g/mol. The van der Waals surface area contributed by atoms with E-state index in [-0.39, 0.29) is 5.91 Å². The lowest BCUT2D eigenvalue weighted by Gasteiger charge is -2.33. The van der Waals surface area contributed by atoms with Crippen LogP contribution in [0, 0.1) is 0 Å². The predicted octanol–water partition coefficient (Wildman–Crippen LogP) is 3.76. The van der Waals surface area contributed by atoms with Gasteiger partial charge in [-0.15, -0.1) is 11.3 Å². The maximum Gasteiger partial charge on any atom is 0.246 e. The second-order valence-corrected chi connectivity index (χ2v) is 7.35. The van der Waals surface area contributed by atoms with Gasteiger partial charge in [-0.25, -0.2) is 0 Å². The van der Waals surface area contributed by atoms with Crippen molar-refractivity contribution >= 4 is 34.9 Å². The molecule has 1 aliphatic rings. The van der Waals surface area contributed by atoms with E-state index in [1.807, 2.05) is 47.4 Å². The number of piperazine rings is 1. The predicted molar refractivity (Wildman–Crippen MR) is 96.7 cm³/mol. The number of carbonyl (C=O) groups excluding carboxylic acids is 1. The van der Waals surface area contributed by atoms with Crippen LogP contribution in [0.15, 0.2) is 48.5 Å². The van der Waals surface area contributed by atoms with E-state index in [1.54, 1.807) is 17.4 Å². The topological polar surface area (TPSA) is 23.6 Å². The van der Waals surface area contributed by atoms with Crippen molar-refractivity contribution < 1.29 is 4.79 Å². The van der Waals surface area contributed by atoms with Crippen LogP contribution < -0.4 is 0 Å². The van der Waals surface area contributed by atoms with Gasteiger partial charge in [0.2, 0.25) is 5.91 Å². The average Bonchev–Trinajstić information content (AvgIpc) is 2.99. The van der Waals surface area contributed by atoms with Crippen LogP contribution in [0.3, 0.4) is 0 Å². The third-order valence-corrected chi connectivity index (χ3v) is 5.13. The van der Waals surface area contributed by atoms with Crippen LogP contribution in [0.1, 0.15) is 10.4 Å². The molecule has 0 bridgehead atoms. The highest BCUT2D eigenvalue weighted by Crippen LogP contribution is 2.23. The zero-order valence-corrected chi connectivity index (χ0v) is 14.4. The molecule has 2 heterocycles. The summed E-state index contributed by atoms with van der Waals surface area (Å²) in [6.45, 7) is 4.27. The first kappa shape index (κ1) is 16.2. The van der Waals surface area contributed by atoms with Gasteiger partial charge >= 0.3 is 0 Å². The molecule has 1 aromatic carbocycles. The first-order chi connectivity index (χ1) is 11.2. The number of carbonyl (C=O) groups is 1. The molecule has 0 aliphatic carbocycles. The smallest absolute Gasteiger partial charge is 0.246 e. The summed E-state index contributed by atoms with van der Waals surface area (Å²) in [6.07, 6.45) is 3.55. The number of benzene rings is 1. The molecule has 1 aromatic heterocycles. The van der Waals surface area contributed by atoms with E-state index in [4.69, 9.17) is 11.6 Å². The lowest BCUT2D eigenvalue weighted by Crippen LogP contribution is -2.47. The highest BCUT2D eigenvalue weighted by Gasteiger charge is 2.19. The Morgan fingerprint density at radius 2 is 1.83 bits per heavy atom. The first-order valence-electron chi connectivity index (χ1n) is 7.69. The van der Waals surface area contributed by atoms with Gasteiger partial charge in [0.05, 0.1) is 4.34 Å². The van der Waals surface area contributed by atoms with Gasteiger partial charge in [0, 0.05) is 43.7 Å². The molecule has 3 rings (SSSR count). The summed E-state index contributed by atoms with van der Waals surface area (Å²) in [4.78, 5) is 17.8. The van der Waals surface area contributed by atoms with Crippen molar-refractivity contribution in [1.29, 1.82) is 0 Å². The number of thiophene rings is 1. The zero-order chi connectivity index (χ0) is 16.1. The van der Waals surface area contributed by atoms with Gasteiger partial charge < -0.3 is 4.90 Å². The van der Waals surface area contributed by atoms with Crippen LogP contribution in [0.25, 0.3) is 6.08 Å². The van der Waals surface area contributed by atoms with Gasteiger partial charge in [0.1, 0.15) is 0 Å². The lowest BCUT2D eigenvalue weighted by molar-refractivity contribution is -0.127. The third-order valence-electron chi connectivity index (χ3n) is 3.91. The number of hydrogen-bond acceptors (Lipinski definition) is 3. The van der Waals surface area contributed by atoms with Crippen LogP contribution in [-0.2, 0) is 11.3 Å².